The van der Waals surface area contributed by atoms with E-state index in [1.165, 1.54) is 7.11 Å². The number of carboxylic acids is 1. The lowest BCUT2D eigenvalue weighted by Crippen LogP contribution is -2.51. The van der Waals surface area contributed by atoms with Gasteiger partial charge in [-0.15, -0.1) is 0 Å². The van der Waals surface area contributed by atoms with Crippen molar-refractivity contribution >= 4 is 17.8 Å². The molecule has 0 aliphatic heterocycles. The molecule has 2 unspecified atom stereocenters. The molecule has 1 aliphatic carbocycles. The number of rotatable bonds is 8. The lowest BCUT2D eigenvalue weighted by Gasteiger charge is -2.33. The third kappa shape index (κ3) is 6.62. The van der Waals surface area contributed by atoms with Crippen molar-refractivity contribution in [2.24, 2.45) is 17.1 Å². The average molecular weight is 358 g/mol. The number of carbonyl (C=O) groups excluding carboxylic acids is 2. The molecular weight excluding hydrogens is 328 g/mol. The summed E-state index contributed by atoms with van der Waals surface area (Å²) in [4.78, 5) is 34.5. The van der Waals surface area contributed by atoms with Crippen LogP contribution in [0.3, 0.4) is 0 Å². The minimum atomic E-state index is -1.24. The summed E-state index contributed by atoms with van der Waals surface area (Å²) in [5.74, 6) is -2.19. The lowest BCUT2D eigenvalue weighted by molar-refractivity contribution is -0.148. The molecule has 0 aromatic rings. The van der Waals surface area contributed by atoms with Crippen molar-refractivity contribution in [3.8, 4) is 0 Å². The molecule has 0 radical (unpaired) electrons. The van der Waals surface area contributed by atoms with E-state index in [1.54, 1.807) is 0 Å². The van der Waals surface area contributed by atoms with Crippen molar-refractivity contribution in [1.29, 1.82) is 0 Å². The molecule has 1 aliphatic rings. The first-order valence-electron chi connectivity index (χ1n) is 8.53. The molecule has 0 saturated heterocycles. The van der Waals surface area contributed by atoms with Crippen LogP contribution < -0.4 is 11.1 Å². The SMILES string of the molecule is COC(=O)[C@H](COC1CCCC1C(C)(C)C)NC(=O)[C@@H](N)CC(=O)O. The van der Waals surface area contributed by atoms with Crippen LogP contribution in [0.2, 0.25) is 0 Å². The number of nitrogens with one attached hydrogen (secondary N) is 1. The van der Waals surface area contributed by atoms with Crippen LogP contribution >= 0.6 is 0 Å². The zero-order chi connectivity index (χ0) is 19.2. The number of methoxy groups -OCH3 is 1. The fourth-order valence-electron chi connectivity index (χ4n) is 3.21. The third-order valence-corrected chi connectivity index (χ3v) is 4.58. The maximum atomic E-state index is 12.0. The molecule has 0 spiro atoms. The van der Waals surface area contributed by atoms with Crippen molar-refractivity contribution in [3.05, 3.63) is 0 Å². The van der Waals surface area contributed by atoms with E-state index in [-0.39, 0.29) is 18.1 Å². The summed E-state index contributed by atoms with van der Waals surface area (Å²) < 4.78 is 10.6. The Bertz CT molecular complexity index is 488. The van der Waals surface area contributed by atoms with Gasteiger partial charge in [0.05, 0.1) is 32.3 Å². The molecule has 8 heteroatoms. The standard InChI is InChI=1S/C17H30N2O6/c1-17(2,3)10-6-5-7-13(10)25-9-12(16(23)24-4)19-15(22)11(18)8-14(20)21/h10-13H,5-9,18H2,1-4H3,(H,19,22)(H,20,21)/t10?,11-,12-,13?/m0/s1. The van der Waals surface area contributed by atoms with Crippen molar-refractivity contribution in [2.45, 2.75) is 64.6 Å². The van der Waals surface area contributed by atoms with Gasteiger partial charge in [0, 0.05) is 0 Å². The van der Waals surface area contributed by atoms with E-state index in [0.717, 1.165) is 19.3 Å². The second-order valence-electron chi connectivity index (χ2n) is 7.56. The summed E-state index contributed by atoms with van der Waals surface area (Å²) in [6, 6.07) is -2.25. The summed E-state index contributed by atoms with van der Waals surface area (Å²) in [5, 5.41) is 11.1. The number of carbonyl (C=O) groups is 3. The van der Waals surface area contributed by atoms with E-state index in [2.05, 4.69) is 26.1 Å². The van der Waals surface area contributed by atoms with Gasteiger partial charge in [-0.1, -0.05) is 27.2 Å². The van der Waals surface area contributed by atoms with Crippen LogP contribution in [0.25, 0.3) is 0 Å². The minimum absolute atomic E-state index is 0.0109. The fraction of sp³-hybridized carbons (Fsp3) is 0.824. The lowest BCUT2D eigenvalue weighted by atomic mass is 9.78. The second kappa shape index (κ2) is 9.15. The number of carboxylic acid groups (broad SMARTS) is 1. The Morgan fingerprint density at radius 2 is 1.92 bits per heavy atom. The number of esters is 1. The van der Waals surface area contributed by atoms with Crippen molar-refractivity contribution in [2.75, 3.05) is 13.7 Å². The maximum Gasteiger partial charge on any atom is 0.330 e. The van der Waals surface area contributed by atoms with Gasteiger partial charge in [-0.3, -0.25) is 9.59 Å². The summed E-state index contributed by atoms with van der Waals surface area (Å²) in [7, 11) is 1.21. The molecular formula is C17H30N2O6. The molecule has 4 atom stereocenters. The van der Waals surface area contributed by atoms with Crippen LogP contribution in [0.4, 0.5) is 0 Å². The zero-order valence-corrected chi connectivity index (χ0v) is 15.4. The molecule has 1 fully saturated rings. The number of ether oxygens (including phenoxy) is 2. The predicted molar refractivity (Wildman–Crippen MR) is 90.7 cm³/mol. The summed E-state index contributed by atoms with van der Waals surface area (Å²) >= 11 is 0. The van der Waals surface area contributed by atoms with Gasteiger partial charge in [-0.2, -0.15) is 0 Å². The number of aliphatic carboxylic acids is 1. The van der Waals surface area contributed by atoms with E-state index in [0.29, 0.717) is 5.92 Å². The summed E-state index contributed by atoms with van der Waals surface area (Å²) in [5.41, 5.74) is 5.61. The van der Waals surface area contributed by atoms with E-state index < -0.39 is 36.4 Å². The first-order valence-corrected chi connectivity index (χ1v) is 8.53. The number of amides is 1. The van der Waals surface area contributed by atoms with Gasteiger partial charge >= 0.3 is 11.9 Å². The van der Waals surface area contributed by atoms with Gasteiger partial charge in [0.1, 0.15) is 0 Å². The molecule has 1 amide bonds. The summed E-state index contributed by atoms with van der Waals surface area (Å²) in [6.45, 7) is 6.44. The molecule has 0 heterocycles. The van der Waals surface area contributed by atoms with Crippen LogP contribution in [0, 0.1) is 11.3 Å². The second-order valence-corrected chi connectivity index (χ2v) is 7.56. The maximum absolute atomic E-state index is 12.0. The molecule has 8 nitrogen and oxygen atoms in total. The number of hydrogen-bond donors (Lipinski definition) is 3. The highest BCUT2D eigenvalue weighted by atomic mass is 16.5. The molecule has 0 aromatic carbocycles. The third-order valence-electron chi connectivity index (χ3n) is 4.58. The van der Waals surface area contributed by atoms with Crippen molar-refractivity contribution in [3.63, 3.8) is 0 Å². The van der Waals surface area contributed by atoms with E-state index in [1.807, 2.05) is 0 Å². The van der Waals surface area contributed by atoms with E-state index in [9.17, 15) is 14.4 Å². The Morgan fingerprint density at radius 3 is 2.44 bits per heavy atom. The average Bonchev–Trinajstić information content (AvgIpc) is 2.98. The Balaban J connectivity index is 2.66. The van der Waals surface area contributed by atoms with Crippen molar-refractivity contribution < 1.29 is 29.0 Å². The Labute approximate surface area is 148 Å². The van der Waals surface area contributed by atoms with Gasteiger partial charge in [0.25, 0.3) is 0 Å². The quantitative estimate of drug-likeness (QED) is 0.544. The summed E-state index contributed by atoms with van der Waals surface area (Å²) in [6.07, 6.45) is 2.52. The van der Waals surface area contributed by atoms with E-state index >= 15 is 0 Å². The highest BCUT2D eigenvalue weighted by Crippen LogP contribution is 2.40. The molecule has 25 heavy (non-hydrogen) atoms. The predicted octanol–water partition coefficient (Wildman–Crippen LogP) is 0.678. The minimum Gasteiger partial charge on any atom is -0.481 e. The molecule has 0 aromatic heterocycles. The normalized spacial score (nSPS) is 22.9. The van der Waals surface area contributed by atoms with Crippen molar-refractivity contribution in [1.82, 2.24) is 5.32 Å². The molecule has 1 rings (SSSR count). The van der Waals surface area contributed by atoms with Gasteiger partial charge in [0.15, 0.2) is 6.04 Å². The topological polar surface area (TPSA) is 128 Å². The molecule has 144 valence electrons. The van der Waals surface area contributed by atoms with Gasteiger partial charge in [-0.25, -0.2) is 4.79 Å². The van der Waals surface area contributed by atoms with Crippen LogP contribution in [0.1, 0.15) is 46.5 Å². The Kier molecular flexibility index (Phi) is 7.82. The Hall–Kier alpha value is -1.67. The van der Waals surface area contributed by atoms with Gasteiger partial charge in [0.2, 0.25) is 5.91 Å². The molecule has 1 saturated carbocycles. The first kappa shape index (κ1) is 21.4. The largest absolute Gasteiger partial charge is 0.481 e. The van der Waals surface area contributed by atoms with Crippen LogP contribution in [-0.2, 0) is 23.9 Å². The zero-order valence-electron chi connectivity index (χ0n) is 15.4. The van der Waals surface area contributed by atoms with Crippen LogP contribution in [0.5, 0.6) is 0 Å². The smallest absolute Gasteiger partial charge is 0.330 e. The van der Waals surface area contributed by atoms with Crippen LogP contribution in [-0.4, -0.2) is 54.9 Å². The highest BCUT2D eigenvalue weighted by molar-refractivity contribution is 5.89. The molecule has 0 bridgehead atoms. The van der Waals surface area contributed by atoms with E-state index in [4.69, 9.17) is 20.3 Å². The monoisotopic (exact) mass is 358 g/mol. The van der Waals surface area contributed by atoms with Gasteiger partial charge < -0.3 is 25.6 Å². The number of hydrogen-bond acceptors (Lipinski definition) is 6. The fourth-order valence-corrected chi connectivity index (χ4v) is 3.21. The highest BCUT2D eigenvalue weighted by Gasteiger charge is 2.37. The van der Waals surface area contributed by atoms with Crippen LogP contribution in [0.15, 0.2) is 0 Å². The number of nitrogens with two attached hydrogens (primary N) is 1. The Morgan fingerprint density at radius 1 is 1.28 bits per heavy atom. The first-order chi connectivity index (χ1) is 11.6. The van der Waals surface area contributed by atoms with Gasteiger partial charge in [-0.05, 0) is 24.2 Å². The molecule has 4 N–H and O–H groups in total.